The van der Waals surface area contributed by atoms with Crippen molar-refractivity contribution in [1.29, 1.82) is 0 Å². The van der Waals surface area contributed by atoms with E-state index in [2.05, 4.69) is 0 Å². The molecule has 0 atom stereocenters. The summed E-state index contributed by atoms with van der Waals surface area (Å²) < 4.78 is 40.4. The van der Waals surface area contributed by atoms with E-state index < -0.39 is 15.8 Å². The van der Waals surface area contributed by atoms with Crippen LogP contribution in [0.1, 0.15) is 16.7 Å². The molecule has 0 radical (unpaired) electrons. The van der Waals surface area contributed by atoms with Gasteiger partial charge in [-0.25, -0.2) is 12.8 Å². The number of fused-ring (bicyclic) bond motifs is 1. The highest BCUT2D eigenvalue weighted by molar-refractivity contribution is 7.92. The number of nitrogens with zero attached hydrogens (tertiary/aromatic N) is 1. The van der Waals surface area contributed by atoms with E-state index in [9.17, 15) is 12.8 Å². The van der Waals surface area contributed by atoms with E-state index in [0.29, 0.717) is 13.0 Å². The first-order valence-corrected chi connectivity index (χ1v) is 8.42. The van der Waals surface area contributed by atoms with Crippen LogP contribution in [0, 0.1) is 12.7 Å². The van der Waals surface area contributed by atoms with Crippen LogP contribution in [-0.4, -0.2) is 15.0 Å². The molecule has 0 bridgehead atoms. The summed E-state index contributed by atoms with van der Waals surface area (Å²) >= 11 is 0. The molecule has 2 aromatic carbocycles. The number of hydrogen-bond donors (Lipinski definition) is 0. The Morgan fingerprint density at radius 2 is 1.95 bits per heavy atom. The molecule has 5 heteroatoms. The van der Waals surface area contributed by atoms with Crippen molar-refractivity contribution in [3.05, 3.63) is 65.0 Å². The largest absolute Gasteiger partial charge is 0.266 e. The van der Waals surface area contributed by atoms with Gasteiger partial charge in [-0.2, -0.15) is 0 Å². The Labute approximate surface area is 124 Å². The predicted octanol–water partition coefficient (Wildman–Crippen LogP) is 3.03. The van der Waals surface area contributed by atoms with Crippen LogP contribution in [0.25, 0.3) is 0 Å². The number of halogens is 1. The molecule has 21 heavy (non-hydrogen) atoms. The van der Waals surface area contributed by atoms with Gasteiger partial charge in [0.15, 0.2) is 0 Å². The zero-order valence-corrected chi connectivity index (χ0v) is 12.5. The smallest absolute Gasteiger partial charge is 0.239 e. The van der Waals surface area contributed by atoms with Crippen LogP contribution >= 0.6 is 0 Å². The summed E-state index contributed by atoms with van der Waals surface area (Å²) in [5, 5.41) is 0. The van der Waals surface area contributed by atoms with Crippen LogP contribution in [-0.2, 0) is 22.2 Å². The Bertz CT molecular complexity index is 787. The van der Waals surface area contributed by atoms with Gasteiger partial charge < -0.3 is 0 Å². The topological polar surface area (TPSA) is 37.4 Å². The third-order valence-corrected chi connectivity index (χ3v) is 5.41. The van der Waals surface area contributed by atoms with E-state index in [1.165, 1.54) is 10.4 Å². The molecule has 1 heterocycles. The van der Waals surface area contributed by atoms with Gasteiger partial charge in [-0.1, -0.05) is 42.0 Å². The number of benzene rings is 2. The van der Waals surface area contributed by atoms with Crippen molar-refractivity contribution in [3.63, 3.8) is 0 Å². The lowest BCUT2D eigenvalue weighted by molar-refractivity contribution is 0.587. The van der Waals surface area contributed by atoms with Gasteiger partial charge in [0.25, 0.3) is 0 Å². The molecule has 0 spiro atoms. The molecule has 3 rings (SSSR count). The average molecular weight is 305 g/mol. The molecule has 110 valence electrons. The van der Waals surface area contributed by atoms with Gasteiger partial charge in [-0.05, 0) is 30.5 Å². The summed E-state index contributed by atoms with van der Waals surface area (Å²) in [4.78, 5) is 0. The molecule has 1 aliphatic heterocycles. The van der Waals surface area contributed by atoms with E-state index in [1.54, 1.807) is 18.2 Å². The first kappa shape index (κ1) is 14.1. The molecule has 0 N–H and O–H groups in total. The number of sulfonamides is 1. The summed E-state index contributed by atoms with van der Waals surface area (Å²) in [5.74, 6) is -0.583. The van der Waals surface area contributed by atoms with Crippen molar-refractivity contribution in [3.8, 4) is 0 Å². The van der Waals surface area contributed by atoms with Gasteiger partial charge in [-0.3, -0.25) is 4.31 Å². The lowest BCUT2D eigenvalue weighted by Gasteiger charge is -2.20. The van der Waals surface area contributed by atoms with Crippen LogP contribution in [0.15, 0.2) is 42.5 Å². The maximum atomic E-state index is 14.0. The molecular weight excluding hydrogens is 289 g/mol. The zero-order valence-electron chi connectivity index (χ0n) is 11.7. The maximum Gasteiger partial charge on any atom is 0.239 e. The minimum Gasteiger partial charge on any atom is -0.266 e. The Hall–Kier alpha value is -1.88. The molecule has 0 amide bonds. The third kappa shape index (κ3) is 2.65. The second kappa shape index (κ2) is 5.15. The minimum absolute atomic E-state index is 0.109. The quantitative estimate of drug-likeness (QED) is 0.874. The van der Waals surface area contributed by atoms with Gasteiger partial charge in [-0.15, -0.1) is 0 Å². The minimum atomic E-state index is -3.57. The first-order chi connectivity index (χ1) is 9.97. The molecule has 0 saturated heterocycles. The highest BCUT2D eigenvalue weighted by Gasteiger charge is 2.31. The van der Waals surface area contributed by atoms with E-state index >= 15 is 0 Å². The summed E-state index contributed by atoms with van der Waals surface area (Å²) in [7, 11) is -3.57. The molecule has 0 fully saturated rings. The lowest BCUT2D eigenvalue weighted by atomic mass is 10.2. The molecule has 2 aromatic rings. The third-order valence-electron chi connectivity index (χ3n) is 3.67. The Morgan fingerprint density at radius 1 is 1.19 bits per heavy atom. The van der Waals surface area contributed by atoms with Crippen LogP contribution in [0.4, 0.5) is 10.1 Å². The second-order valence-corrected chi connectivity index (χ2v) is 7.21. The summed E-state index contributed by atoms with van der Waals surface area (Å²) in [6.45, 7) is 2.23. The number of para-hydroxylation sites is 1. The maximum absolute atomic E-state index is 14.0. The van der Waals surface area contributed by atoms with Gasteiger partial charge >= 0.3 is 0 Å². The zero-order chi connectivity index (χ0) is 15.0. The number of aryl methyl sites for hydroxylation is 1. The van der Waals surface area contributed by atoms with Crippen molar-refractivity contribution in [1.82, 2.24) is 0 Å². The van der Waals surface area contributed by atoms with Crippen molar-refractivity contribution in [2.24, 2.45) is 0 Å². The Balaban J connectivity index is 1.95. The summed E-state index contributed by atoms with van der Waals surface area (Å²) in [6.07, 6.45) is 0.556. The standard InChI is InChI=1S/C16H16FNO2S/c1-12-4-2-5-13(10-12)11-21(19,20)18-9-8-14-6-3-7-15(17)16(14)18/h2-7,10H,8-9,11H2,1H3. The SMILES string of the molecule is Cc1cccc(CS(=O)(=O)N2CCc3cccc(F)c32)c1. The number of anilines is 1. The number of rotatable bonds is 3. The van der Waals surface area contributed by atoms with Crippen molar-refractivity contribution in [2.75, 3.05) is 10.8 Å². The van der Waals surface area contributed by atoms with Crippen LogP contribution in [0.5, 0.6) is 0 Å². The van der Waals surface area contributed by atoms with Gasteiger partial charge in [0.05, 0.1) is 11.4 Å². The van der Waals surface area contributed by atoms with Crippen molar-refractivity contribution in [2.45, 2.75) is 19.1 Å². The van der Waals surface area contributed by atoms with E-state index in [-0.39, 0.29) is 11.4 Å². The molecule has 1 aliphatic rings. The first-order valence-electron chi connectivity index (χ1n) is 6.81. The van der Waals surface area contributed by atoms with Crippen LogP contribution < -0.4 is 4.31 Å². The van der Waals surface area contributed by atoms with Crippen LogP contribution in [0.3, 0.4) is 0 Å². The Kier molecular flexibility index (Phi) is 3.45. The molecule has 0 aromatic heterocycles. The van der Waals surface area contributed by atoms with Crippen molar-refractivity contribution >= 4 is 15.7 Å². The van der Waals surface area contributed by atoms with Crippen molar-refractivity contribution < 1.29 is 12.8 Å². The predicted molar refractivity (Wildman–Crippen MR) is 81.3 cm³/mol. The molecule has 0 unspecified atom stereocenters. The fourth-order valence-corrected chi connectivity index (χ4v) is 4.35. The number of hydrogen-bond acceptors (Lipinski definition) is 2. The monoisotopic (exact) mass is 305 g/mol. The van der Waals surface area contributed by atoms with Gasteiger partial charge in [0.2, 0.25) is 10.0 Å². The van der Waals surface area contributed by atoms with E-state index in [4.69, 9.17) is 0 Å². The normalized spacial score (nSPS) is 14.3. The average Bonchev–Trinajstić information content (AvgIpc) is 2.84. The summed E-state index contributed by atoms with van der Waals surface area (Å²) in [5.41, 5.74) is 2.70. The fraction of sp³-hybridized carbons (Fsp3) is 0.250. The molecular formula is C16H16FNO2S. The molecule has 0 aliphatic carbocycles. The van der Waals surface area contributed by atoms with E-state index in [0.717, 1.165) is 16.7 Å². The molecule has 3 nitrogen and oxygen atoms in total. The van der Waals surface area contributed by atoms with Gasteiger partial charge in [0.1, 0.15) is 5.82 Å². The fourth-order valence-electron chi connectivity index (χ4n) is 2.74. The van der Waals surface area contributed by atoms with Crippen LogP contribution in [0.2, 0.25) is 0 Å². The highest BCUT2D eigenvalue weighted by Crippen LogP contribution is 2.33. The Morgan fingerprint density at radius 3 is 2.71 bits per heavy atom. The molecule has 0 saturated carbocycles. The summed E-state index contributed by atoms with van der Waals surface area (Å²) in [6, 6.07) is 12.1. The van der Waals surface area contributed by atoms with E-state index in [1.807, 2.05) is 25.1 Å². The highest BCUT2D eigenvalue weighted by atomic mass is 32.2. The second-order valence-electron chi connectivity index (χ2n) is 5.31. The van der Waals surface area contributed by atoms with Gasteiger partial charge in [0, 0.05) is 6.54 Å². The lowest BCUT2D eigenvalue weighted by Crippen LogP contribution is -2.30.